The summed E-state index contributed by atoms with van der Waals surface area (Å²) in [6.45, 7) is 4.63. The zero-order valence-corrected chi connectivity index (χ0v) is 23.6. The van der Waals surface area contributed by atoms with E-state index in [0.717, 1.165) is 55.6 Å². The molecule has 2 aromatic carbocycles. The van der Waals surface area contributed by atoms with Crippen LogP contribution in [0.25, 0.3) is 0 Å². The van der Waals surface area contributed by atoms with Crippen LogP contribution in [-0.2, 0) is 4.79 Å². The van der Waals surface area contributed by atoms with Crippen molar-refractivity contribution in [2.24, 2.45) is 0 Å². The Hall–Kier alpha value is -3.01. The molecule has 3 amide bonds. The number of halogens is 3. The number of rotatable bonds is 16. The Bertz CT molecular complexity index is 1100. The van der Waals surface area contributed by atoms with Gasteiger partial charge in [-0.3, -0.25) is 14.4 Å². The fourth-order valence-corrected chi connectivity index (χ4v) is 4.39. The summed E-state index contributed by atoms with van der Waals surface area (Å²) in [5.74, 6) is -6.54. The Kier molecular flexibility index (Phi) is 13.4. The highest BCUT2D eigenvalue weighted by Gasteiger charge is 2.42. The molecule has 0 aliphatic heterocycles. The van der Waals surface area contributed by atoms with Crippen molar-refractivity contribution in [1.82, 2.24) is 5.32 Å². The molecule has 0 aromatic heterocycles. The predicted molar refractivity (Wildman–Crippen MR) is 151 cm³/mol. The largest absolute Gasteiger partial charge is 0.352 e. The molecule has 39 heavy (non-hydrogen) atoms. The molecule has 0 heterocycles. The predicted octanol–water partition coefficient (Wildman–Crippen LogP) is 7.79. The number of hydrogen-bond donors (Lipinski definition) is 2. The smallest absolute Gasteiger partial charge is 0.327 e. The molecular formula is C29H38F3N3O3S. The van der Waals surface area contributed by atoms with Crippen LogP contribution in [0.2, 0.25) is 0 Å². The molecule has 10 heteroatoms. The van der Waals surface area contributed by atoms with Crippen molar-refractivity contribution in [2.45, 2.75) is 82.5 Å². The molecule has 6 nitrogen and oxygen atoms in total. The maximum absolute atomic E-state index is 14.6. The summed E-state index contributed by atoms with van der Waals surface area (Å²) < 4.78 is 43.2. The van der Waals surface area contributed by atoms with Crippen molar-refractivity contribution in [3.05, 3.63) is 53.6 Å². The molecule has 0 aliphatic rings. The van der Waals surface area contributed by atoms with Crippen molar-refractivity contribution in [1.29, 1.82) is 0 Å². The lowest BCUT2D eigenvalue weighted by molar-refractivity contribution is -0.146. The summed E-state index contributed by atoms with van der Waals surface area (Å²) >= 11 is 1.39. The van der Waals surface area contributed by atoms with E-state index in [4.69, 9.17) is 0 Å². The summed E-state index contributed by atoms with van der Waals surface area (Å²) in [6.07, 6.45) is 7.42. The van der Waals surface area contributed by atoms with Gasteiger partial charge in [-0.15, -0.1) is 16.9 Å². The van der Waals surface area contributed by atoms with Crippen LogP contribution in [-0.4, -0.2) is 36.4 Å². The average molecular weight is 566 g/mol. The number of amides is 3. The third kappa shape index (κ3) is 9.91. The second kappa shape index (κ2) is 16.2. The monoisotopic (exact) mass is 565 g/mol. The van der Waals surface area contributed by atoms with Crippen LogP contribution in [0, 0.1) is 0 Å². The topological polar surface area (TPSA) is 78.5 Å². The summed E-state index contributed by atoms with van der Waals surface area (Å²) in [5.41, 5.74) is 0.553. The van der Waals surface area contributed by atoms with Gasteiger partial charge in [0.2, 0.25) is 0 Å². The number of alkyl halides is 2. The summed E-state index contributed by atoms with van der Waals surface area (Å²) in [6, 6.07) is 9.67. The quantitative estimate of drug-likeness (QED) is 0.124. The van der Waals surface area contributed by atoms with Gasteiger partial charge in [-0.2, -0.15) is 8.78 Å². The first-order valence-electron chi connectivity index (χ1n) is 13.4. The fourth-order valence-electron chi connectivity index (χ4n) is 3.86. The number of nitrogens with one attached hydrogen (secondary N) is 2. The molecule has 0 aliphatic carbocycles. The number of anilines is 2. The van der Waals surface area contributed by atoms with Gasteiger partial charge >= 0.3 is 11.8 Å². The minimum atomic E-state index is -3.82. The first-order chi connectivity index (χ1) is 18.6. The van der Waals surface area contributed by atoms with Crippen molar-refractivity contribution in [3.63, 3.8) is 0 Å². The molecule has 2 aromatic rings. The highest BCUT2D eigenvalue weighted by molar-refractivity contribution is 7.98. The van der Waals surface area contributed by atoms with Crippen molar-refractivity contribution >= 4 is 40.9 Å². The zero-order chi connectivity index (χ0) is 28.8. The summed E-state index contributed by atoms with van der Waals surface area (Å²) in [4.78, 5) is 38.1. The van der Waals surface area contributed by atoms with Crippen LogP contribution >= 0.6 is 11.8 Å². The van der Waals surface area contributed by atoms with E-state index in [1.54, 1.807) is 18.2 Å². The van der Waals surface area contributed by atoms with Gasteiger partial charge in [-0.05, 0) is 61.6 Å². The number of carbonyl (C=O) groups excluding carboxylic acids is 3. The van der Waals surface area contributed by atoms with Gasteiger partial charge in [0.1, 0.15) is 0 Å². The molecule has 0 spiro atoms. The molecule has 0 fully saturated rings. The molecule has 0 saturated heterocycles. The highest BCUT2D eigenvalue weighted by Crippen LogP contribution is 2.30. The minimum Gasteiger partial charge on any atom is -0.352 e. The van der Waals surface area contributed by atoms with E-state index in [1.807, 2.05) is 13.2 Å². The number of unbranched alkanes of at least 4 members (excludes halogenated alkanes) is 6. The van der Waals surface area contributed by atoms with E-state index in [-0.39, 0.29) is 17.9 Å². The van der Waals surface area contributed by atoms with Crippen molar-refractivity contribution in [3.8, 4) is 0 Å². The third-order valence-electron chi connectivity index (χ3n) is 6.22. The molecular weight excluding hydrogens is 527 g/mol. The van der Waals surface area contributed by atoms with Gasteiger partial charge in [0.15, 0.2) is 0 Å². The Labute approximate surface area is 233 Å². The SMILES string of the molecule is CCCCCCCCC(F)(F)C(=O)N(F)c1ccc(C(=O)Nc2cc(C(=O)NCCCC)ccc2SC)cc1. The Morgan fingerprint density at radius 1 is 0.846 bits per heavy atom. The molecule has 0 atom stereocenters. The van der Waals surface area contributed by atoms with E-state index >= 15 is 0 Å². The van der Waals surface area contributed by atoms with E-state index in [1.165, 1.54) is 23.9 Å². The number of nitrogens with zero attached hydrogens (tertiary/aromatic N) is 1. The Balaban J connectivity index is 2.03. The van der Waals surface area contributed by atoms with Gasteiger partial charge in [0.05, 0.1) is 11.4 Å². The second-order valence-corrected chi connectivity index (χ2v) is 10.2. The Morgan fingerprint density at radius 2 is 1.46 bits per heavy atom. The van der Waals surface area contributed by atoms with E-state index < -0.39 is 35.0 Å². The Morgan fingerprint density at radius 3 is 2.10 bits per heavy atom. The van der Waals surface area contributed by atoms with Gasteiger partial charge in [-0.1, -0.05) is 56.9 Å². The van der Waals surface area contributed by atoms with Crippen LogP contribution < -0.4 is 15.8 Å². The minimum absolute atomic E-state index is 0.128. The van der Waals surface area contributed by atoms with Crippen LogP contribution in [0.15, 0.2) is 47.4 Å². The molecule has 0 radical (unpaired) electrons. The lowest BCUT2D eigenvalue weighted by atomic mass is 10.1. The van der Waals surface area contributed by atoms with E-state index in [0.29, 0.717) is 24.2 Å². The molecule has 0 bridgehead atoms. The second-order valence-electron chi connectivity index (χ2n) is 9.33. The standard InChI is InChI=1S/C29H38F3N3O3S/c1-4-6-8-9-10-11-18-29(30,31)28(38)35(32)23-15-12-21(13-16-23)27(37)34-24-20-22(14-17-25(24)39-3)26(36)33-19-7-5-2/h12-17,20H,4-11,18-19H2,1-3H3,(H,33,36)(H,34,37). The molecule has 2 rings (SSSR count). The maximum Gasteiger partial charge on any atom is 0.327 e. The number of hydrogen-bond acceptors (Lipinski definition) is 4. The normalized spacial score (nSPS) is 11.2. The number of thioether (sulfide) groups is 1. The van der Waals surface area contributed by atoms with Gasteiger partial charge in [0, 0.05) is 29.0 Å². The number of benzene rings is 2. The van der Waals surface area contributed by atoms with Crippen molar-refractivity contribution in [2.75, 3.05) is 23.2 Å². The first kappa shape index (κ1) is 32.2. The zero-order valence-electron chi connectivity index (χ0n) is 22.8. The highest BCUT2D eigenvalue weighted by atomic mass is 32.2. The van der Waals surface area contributed by atoms with Crippen LogP contribution in [0.5, 0.6) is 0 Å². The van der Waals surface area contributed by atoms with Crippen LogP contribution in [0.4, 0.5) is 24.6 Å². The van der Waals surface area contributed by atoms with Crippen molar-refractivity contribution < 1.29 is 27.6 Å². The summed E-state index contributed by atoms with van der Waals surface area (Å²) in [5, 5.41) is 5.01. The maximum atomic E-state index is 14.6. The van der Waals surface area contributed by atoms with Gasteiger partial charge in [-0.25, -0.2) is 0 Å². The average Bonchev–Trinajstić information content (AvgIpc) is 2.94. The first-order valence-corrected chi connectivity index (χ1v) is 14.6. The third-order valence-corrected chi connectivity index (χ3v) is 7.01. The molecule has 0 saturated carbocycles. The van der Waals surface area contributed by atoms with Gasteiger partial charge < -0.3 is 10.6 Å². The van der Waals surface area contributed by atoms with Crippen LogP contribution in [0.3, 0.4) is 0 Å². The lowest BCUT2D eigenvalue weighted by Gasteiger charge is -2.20. The van der Waals surface area contributed by atoms with E-state index in [2.05, 4.69) is 17.6 Å². The summed E-state index contributed by atoms with van der Waals surface area (Å²) in [7, 11) is 0. The molecule has 214 valence electrons. The van der Waals surface area contributed by atoms with Gasteiger partial charge in [0.25, 0.3) is 11.8 Å². The fraction of sp³-hybridized carbons (Fsp3) is 0.483. The molecule has 0 unspecified atom stereocenters. The van der Waals surface area contributed by atoms with E-state index in [9.17, 15) is 27.6 Å². The lowest BCUT2D eigenvalue weighted by Crippen LogP contribution is -2.39. The number of carbonyl (C=O) groups is 3. The molecule has 2 N–H and O–H groups in total. The van der Waals surface area contributed by atoms with Crippen LogP contribution in [0.1, 0.15) is 92.4 Å².